The molecule has 53 heavy (non-hydrogen) atoms. The van der Waals surface area contributed by atoms with Crippen molar-refractivity contribution in [3.05, 3.63) is 60.8 Å². The van der Waals surface area contributed by atoms with Crippen LogP contribution in [0, 0.1) is 0 Å². The molecule has 0 heterocycles. The Hall–Kier alpha value is -2.33. The molecule has 0 aliphatic heterocycles. The third-order valence-electron chi connectivity index (χ3n) is 8.46. The molecule has 0 aliphatic rings. The molecular weight excluding hydrogens is 695 g/mol. The zero-order valence-electron chi connectivity index (χ0n) is 32.9. The number of esters is 2. The number of aliphatic hydroxyl groups is 2. The molecule has 0 saturated heterocycles. The van der Waals surface area contributed by atoms with Crippen molar-refractivity contribution in [2.24, 2.45) is 0 Å². The molecular formula is C42H73O10P. The molecule has 0 spiro atoms. The standard InChI is InChI=1S/C42H73O10P/c1-3-5-7-9-11-13-15-17-18-19-20-22-24-26-28-30-34-41(45)50-36-38(37-51-53(47,48)49)52-42(46)35-31-33-40(44)39(43)32-29-27-25-23-21-16-14-12-10-8-6-4-2/h11-14,17-18,21,23,27,29,38-40,43-44H,3-10,15-16,19-20,22,24-26,28,30-37H2,1-2H3,(H2,47,48,49)/b13-11-,14-12-,18-17-,23-21-,29-27-/t38-,39?,40?/m1/s1. The quantitative estimate of drug-likeness (QED) is 0.0209. The number of aliphatic hydroxyl groups excluding tert-OH is 2. The van der Waals surface area contributed by atoms with Gasteiger partial charge in [-0.1, -0.05) is 126 Å². The fourth-order valence-corrected chi connectivity index (χ4v) is 5.63. The summed E-state index contributed by atoms with van der Waals surface area (Å²) in [7, 11) is -4.84. The van der Waals surface area contributed by atoms with E-state index >= 15 is 0 Å². The highest BCUT2D eigenvalue weighted by Gasteiger charge is 2.23. The van der Waals surface area contributed by atoms with Crippen LogP contribution in [0.15, 0.2) is 60.8 Å². The number of carbonyl (C=O) groups excluding carboxylic acids is 2. The van der Waals surface area contributed by atoms with Crippen molar-refractivity contribution in [3.63, 3.8) is 0 Å². The topological polar surface area (TPSA) is 160 Å². The van der Waals surface area contributed by atoms with E-state index in [4.69, 9.17) is 19.3 Å². The number of rotatable bonds is 36. The fraction of sp³-hybridized carbons (Fsp3) is 0.714. The van der Waals surface area contributed by atoms with Crippen LogP contribution < -0.4 is 0 Å². The minimum atomic E-state index is -4.84. The maximum atomic E-state index is 12.4. The lowest BCUT2D eigenvalue weighted by Crippen LogP contribution is -2.30. The summed E-state index contributed by atoms with van der Waals surface area (Å²) in [4.78, 5) is 42.8. The Bertz CT molecular complexity index is 1080. The minimum Gasteiger partial charge on any atom is -0.462 e. The molecule has 2 unspecified atom stereocenters. The van der Waals surface area contributed by atoms with Gasteiger partial charge in [0.15, 0.2) is 6.10 Å². The minimum absolute atomic E-state index is 0.107. The predicted molar refractivity (Wildman–Crippen MR) is 214 cm³/mol. The second-order valence-electron chi connectivity index (χ2n) is 13.6. The molecule has 0 aromatic carbocycles. The molecule has 11 heteroatoms. The summed E-state index contributed by atoms with van der Waals surface area (Å²) < 4.78 is 26.2. The summed E-state index contributed by atoms with van der Waals surface area (Å²) >= 11 is 0. The van der Waals surface area contributed by atoms with Crippen molar-refractivity contribution in [3.8, 4) is 0 Å². The van der Waals surface area contributed by atoms with Gasteiger partial charge >= 0.3 is 19.8 Å². The molecule has 0 radical (unpaired) electrons. The maximum absolute atomic E-state index is 12.4. The van der Waals surface area contributed by atoms with Crippen molar-refractivity contribution < 1.29 is 48.2 Å². The van der Waals surface area contributed by atoms with Crippen molar-refractivity contribution in [1.29, 1.82) is 0 Å². The second-order valence-corrected chi connectivity index (χ2v) is 14.8. The van der Waals surface area contributed by atoms with E-state index in [0.717, 1.165) is 64.2 Å². The van der Waals surface area contributed by atoms with Crippen molar-refractivity contribution in [2.75, 3.05) is 13.2 Å². The van der Waals surface area contributed by atoms with E-state index in [-0.39, 0.29) is 32.1 Å². The van der Waals surface area contributed by atoms with Crippen LogP contribution in [-0.2, 0) is 28.2 Å². The smallest absolute Gasteiger partial charge is 0.462 e. The van der Waals surface area contributed by atoms with Gasteiger partial charge in [0, 0.05) is 12.8 Å². The number of allylic oxidation sites excluding steroid dienone is 9. The molecule has 0 aliphatic carbocycles. The largest absolute Gasteiger partial charge is 0.469 e. The molecule has 0 fully saturated rings. The second kappa shape index (κ2) is 36.6. The molecule has 3 atom stereocenters. The fourth-order valence-electron chi connectivity index (χ4n) is 5.27. The Labute approximate surface area is 321 Å². The summed E-state index contributed by atoms with van der Waals surface area (Å²) in [5.74, 6) is -1.19. The predicted octanol–water partition coefficient (Wildman–Crippen LogP) is 10.1. The van der Waals surface area contributed by atoms with Crippen LogP contribution in [0.25, 0.3) is 0 Å². The Morgan fingerprint density at radius 3 is 1.58 bits per heavy atom. The van der Waals surface area contributed by atoms with Crippen LogP contribution in [0.3, 0.4) is 0 Å². The van der Waals surface area contributed by atoms with Gasteiger partial charge in [-0.15, -0.1) is 0 Å². The molecule has 4 N–H and O–H groups in total. The number of ether oxygens (including phenoxy) is 2. The lowest BCUT2D eigenvalue weighted by atomic mass is 10.0. The summed E-state index contributed by atoms with van der Waals surface area (Å²) in [5.41, 5.74) is 0. The zero-order valence-corrected chi connectivity index (χ0v) is 33.8. The third kappa shape index (κ3) is 37.8. The highest BCUT2D eigenvalue weighted by molar-refractivity contribution is 7.46. The molecule has 0 aromatic heterocycles. The Morgan fingerprint density at radius 1 is 0.566 bits per heavy atom. The lowest BCUT2D eigenvalue weighted by Gasteiger charge is -2.19. The molecule has 0 aromatic rings. The van der Waals surface area contributed by atoms with Gasteiger partial charge in [0.1, 0.15) is 6.61 Å². The SMILES string of the molecule is CCCCC/C=C\C/C=C\C/C=C\CC(O)C(O)CCCC(=O)O[C@H](COC(=O)CCCCCCCC/C=C\C/C=C\CCCCC)COP(=O)(O)O. The molecule has 0 rings (SSSR count). The Balaban J connectivity index is 4.22. The van der Waals surface area contributed by atoms with E-state index < -0.39 is 51.3 Å². The summed E-state index contributed by atoms with van der Waals surface area (Å²) in [6, 6.07) is 0. The van der Waals surface area contributed by atoms with Crippen LogP contribution >= 0.6 is 7.82 Å². The zero-order chi connectivity index (χ0) is 39.3. The first-order chi connectivity index (χ1) is 25.6. The van der Waals surface area contributed by atoms with Crippen LogP contribution in [0.5, 0.6) is 0 Å². The summed E-state index contributed by atoms with van der Waals surface area (Å²) in [5, 5.41) is 20.6. The van der Waals surface area contributed by atoms with Crippen LogP contribution in [0.1, 0.15) is 162 Å². The first-order valence-corrected chi connectivity index (χ1v) is 21.8. The number of hydrogen-bond donors (Lipinski definition) is 4. The third-order valence-corrected chi connectivity index (χ3v) is 8.95. The van der Waals surface area contributed by atoms with Gasteiger partial charge in [-0.05, 0) is 83.5 Å². The van der Waals surface area contributed by atoms with E-state index in [1.807, 2.05) is 12.2 Å². The first-order valence-electron chi connectivity index (χ1n) is 20.2. The number of phosphoric acid groups is 1. The average Bonchev–Trinajstić information content (AvgIpc) is 3.12. The molecule has 306 valence electrons. The highest BCUT2D eigenvalue weighted by atomic mass is 31.2. The summed E-state index contributed by atoms with van der Waals surface area (Å²) in [6.07, 6.45) is 38.2. The van der Waals surface area contributed by atoms with Crippen LogP contribution in [0.4, 0.5) is 0 Å². The van der Waals surface area contributed by atoms with Gasteiger partial charge in [-0.25, -0.2) is 4.57 Å². The molecule has 0 bridgehead atoms. The van der Waals surface area contributed by atoms with Crippen molar-refractivity contribution >= 4 is 19.8 Å². The lowest BCUT2D eigenvalue weighted by molar-refractivity contribution is -0.161. The Morgan fingerprint density at radius 2 is 1.04 bits per heavy atom. The van der Waals surface area contributed by atoms with Gasteiger partial charge in [0.25, 0.3) is 0 Å². The van der Waals surface area contributed by atoms with Crippen molar-refractivity contribution in [1.82, 2.24) is 0 Å². The Kier molecular flexibility index (Phi) is 35.0. The van der Waals surface area contributed by atoms with Crippen LogP contribution in [0.2, 0.25) is 0 Å². The van der Waals surface area contributed by atoms with E-state index in [1.165, 1.54) is 44.9 Å². The first kappa shape index (κ1) is 50.7. The molecule has 0 saturated carbocycles. The van der Waals surface area contributed by atoms with E-state index in [9.17, 15) is 24.4 Å². The van der Waals surface area contributed by atoms with E-state index in [1.54, 1.807) is 0 Å². The van der Waals surface area contributed by atoms with Gasteiger partial charge in [0.05, 0.1) is 18.8 Å². The van der Waals surface area contributed by atoms with Gasteiger partial charge in [0.2, 0.25) is 0 Å². The number of carbonyl (C=O) groups is 2. The maximum Gasteiger partial charge on any atom is 0.469 e. The van der Waals surface area contributed by atoms with Gasteiger partial charge in [-0.2, -0.15) is 0 Å². The van der Waals surface area contributed by atoms with E-state index in [0.29, 0.717) is 6.42 Å². The van der Waals surface area contributed by atoms with Crippen molar-refractivity contribution in [2.45, 2.75) is 180 Å². The number of phosphoric ester groups is 1. The van der Waals surface area contributed by atoms with Gasteiger partial charge < -0.3 is 29.5 Å². The van der Waals surface area contributed by atoms with Gasteiger partial charge in [-0.3, -0.25) is 14.1 Å². The van der Waals surface area contributed by atoms with E-state index in [2.05, 4.69) is 67.0 Å². The molecule has 0 amide bonds. The number of unbranched alkanes of at least 4 members (excludes halogenated alkanes) is 12. The molecule has 10 nitrogen and oxygen atoms in total. The average molecular weight is 769 g/mol. The highest BCUT2D eigenvalue weighted by Crippen LogP contribution is 2.36. The monoisotopic (exact) mass is 768 g/mol. The normalized spacial score (nSPS) is 14.3. The number of hydrogen-bond acceptors (Lipinski definition) is 8. The van der Waals surface area contributed by atoms with Crippen LogP contribution in [-0.4, -0.2) is 63.5 Å². The summed E-state index contributed by atoms with van der Waals surface area (Å²) in [6.45, 7) is 3.37.